The zero-order valence-electron chi connectivity index (χ0n) is 9.02. The van der Waals surface area contributed by atoms with Gasteiger partial charge < -0.3 is 0 Å². The first kappa shape index (κ1) is 12.5. The summed E-state index contributed by atoms with van der Waals surface area (Å²) < 4.78 is 2.46. The van der Waals surface area contributed by atoms with Gasteiger partial charge in [-0.25, -0.2) is 0 Å². The van der Waals surface area contributed by atoms with Gasteiger partial charge in [0, 0.05) is 27.4 Å². The summed E-state index contributed by atoms with van der Waals surface area (Å²) in [5.74, 6) is -0.00241. The lowest BCUT2D eigenvalue weighted by atomic mass is 10.1. The SMILES string of the molecule is Cn1cc(CC(=O)c2cc(Cl)ccc2I)nn1. The predicted octanol–water partition coefficient (Wildman–Crippen LogP) is 2.50. The van der Waals surface area contributed by atoms with Crippen LogP contribution in [0.5, 0.6) is 0 Å². The molecule has 0 radical (unpaired) electrons. The van der Waals surface area contributed by atoms with Crippen LogP contribution in [0.25, 0.3) is 0 Å². The molecule has 6 heteroatoms. The molecule has 2 aromatic rings. The van der Waals surface area contributed by atoms with Gasteiger partial charge in [-0.1, -0.05) is 16.8 Å². The van der Waals surface area contributed by atoms with Crippen molar-refractivity contribution in [1.82, 2.24) is 15.0 Å². The van der Waals surface area contributed by atoms with E-state index >= 15 is 0 Å². The average molecular weight is 362 g/mol. The van der Waals surface area contributed by atoms with Crippen molar-refractivity contribution in [2.45, 2.75) is 6.42 Å². The van der Waals surface area contributed by atoms with Crippen LogP contribution >= 0.6 is 34.2 Å². The molecule has 0 amide bonds. The molecule has 17 heavy (non-hydrogen) atoms. The molecular weight excluding hydrogens is 352 g/mol. The van der Waals surface area contributed by atoms with Gasteiger partial charge in [-0.2, -0.15) is 0 Å². The lowest BCUT2D eigenvalue weighted by Crippen LogP contribution is -2.06. The van der Waals surface area contributed by atoms with E-state index in [0.29, 0.717) is 16.3 Å². The van der Waals surface area contributed by atoms with Gasteiger partial charge in [-0.15, -0.1) is 5.10 Å². The van der Waals surface area contributed by atoms with Gasteiger partial charge in [-0.3, -0.25) is 9.48 Å². The maximum Gasteiger partial charge on any atom is 0.170 e. The van der Waals surface area contributed by atoms with Crippen molar-refractivity contribution in [1.29, 1.82) is 0 Å². The van der Waals surface area contributed by atoms with E-state index in [1.165, 1.54) is 0 Å². The van der Waals surface area contributed by atoms with Crippen molar-refractivity contribution in [2.75, 3.05) is 0 Å². The minimum atomic E-state index is -0.00241. The Morgan fingerprint density at radius 2 is 2.29 bits per heavy atom. The van der Waals surface area contributed by atoms with E-state index in [2.05, 4.69) is 32.9 Å². The molecule has 2 rings (SSSR count). The molecule has 0 aliphatic heterocycles. The first-order valence-corrected chi connectivity index (χ1v) is 6.35. The van der Waals surface area contributed by atoms with Crippen molar-refractivity contribution < 1.29 is 4.79 Å². The number of ketones is 1. The molecule has 0 fully saturated rings. The average Bonchev–Trinajstić information content (AvgIpc) is 2.67. The normalized spacial score (nSPS) is 10.5. The molecule has 0 N–H and O–H groups in total. The van der Waals surface area contributed by atoms with E-state index < -0.39 is 0 Å². The Balaban J connectivity index is 2.22. The van der Waals surface area contributed by atoms with Crippen LogP contribution in [0.4, 0.5) is 0 Å². The highest BCUT2D eigenvalue weighted by atomic mass is 127. The van der Waals surface area contributed by atoms with Crippen LogP contribution in [-0.4, -0.2) is 20.8 Å². The van der Waals surface area contributed by atoms with Crippen LogP contribution in [0.3, 0.4) is 0 Å². The minimum Gasteiger partial charge on any atom is -0.294 e. The molecular formula is C11H9ClIN3O. The van der Waals surface area contributed by atoms with Crippen LogP contribution in [-0.2, 0) is 13.5 Å². The monoisotopic (exact) mass is 361 g/mol. The summed E-state index contributed by atoms with van der Waals surface area (Å²) in [6.07, 6.45) is 1.97. The Morgan fingerprint density at radius 3 is 2.94 bits per heavy atom. The van der Waals surface area contributed by atoms with Gasteiger partial charge in [-0.05, 0) is 40.8 Å². The second kappa shape index (κ2) is 5.14. The maximum atomic E-state index is 12.1. The lowest BCUT2D eigenvalue weighted by Gasteiger charge is -2.02. The number of benzene rings is 1. The second-order valence-electron chi connectivity index (χ2n) is 3.61. The van der Waals surface area contributed by atoms with Gasteiger partial charge in [0.15, 0.2) is 5.78 Å². The molecule has 0 atom stereocenters. The third kappa shape index (κ3) is 3.04. The van der Waals surface area contributed by atoms with Crippen LogP contribution in [0, 0.1) is 3.57 Å². The Kier molecular flexibility index (Phi) is 3.78. The molecule has 0 spiro atoms. The summed E-state index contributed by atoms with van der Waals surface area (Å²) >= 11 is 8.00. The first-order valence-electron chi connectivity index (χ1n) is 4.89. The molecule has 1 heterocycles. The number of carbonyl (C=O) groups is 1. The summed E-state index contributed by atoms with van der Waals surface area (Å²) in [6, 6.07) is 5.28. The summed E-state index contributed by atoms with van der Waals surface area (Å²) in [5.41, 5.74) is 1.29. The highest BCUT2D eigenvalue weighted by Crippen LogP contribution is 2.19. The Hall–Kier alpha value is -0.950. The van der Waals surface area contributed by atoms with Gasteiger partial charge in [0.1, 0.15) is 0 Å². The molecule has 0 aliphatic carbocycles. The van der Waals surface area contributed by atoms with Gasteiger partial charge in [0.25, 0.3) is 0 Å². The third-order valence-corrected chi connectivity index (χ3v) is 3.40. The number of Topliss-reactive ketones (excluding diaryl/α,β-unsaturated/α-hetero) is 1. The van der Waals surface area contributed by atoms with Crippen LogP contribution in [0.2, 0.25) is 5.02 Å². The van der Waals surface area contributed by atoms with Gasteiger partial charge in [0.2, 0.25) is 0 Å². The van der Waals surface area contributed by atoms with Crippen molar-refractivity contribution in [3.05, 3.63) is 44.2 Å². The zero-order chi connectivity index (χ0) is 12.4. The molecule has 88 valence electrons. The second-order valence-corrected chi connectivity index (χ2v) is 5.21. The van der Waals surface area contributed by atoms with Gasteiger partial charge in [0.05, 0.1) is 12.1 Å². The Labute approximate surface area is 117 Å². The van der Waals surface area contributed by atoms with E-state index in [1.54, 1.807) is 30.1 Å². The Bertz CT molecular complexity index is 568. The minimum absolute atomic E-state index is 0.00241. The topological polar surface area (TPSA) is 47.8 Å². The predicted molar refractivity (Wildman–Crippen MR) is 73.2 cm³/mol. The molecule has 0 aliphatic rings. The van der Waals surface area contributed by atoms with E-state index in [4.69, 9.17) is 11.6 Å². The third-order valence-electron chi connectivity index (χ3n) is 2.22. The highest BCUT2D eigenvalue weighted by Gasteiger charge is 2.13. The summed E-state index contributed by atoms with van der Waals surface area (Å²) in [7, 11) is 1.77. The van der Waals surface area contributed by atoms with Crippen molar-refractivity contribution in [3.63, 3.8) is 0 Å². The highest BCUT2D eigenvalue weighted by molar-refractivity contribution is 14.1. The maximum absolute atomic E-state index is 12.1. The van der Waals surface area contributed by atoms with Crippen molar-refractivity contribution in [2.24, 2.45) is 7.05 Å². The largest absolute Gasteiger partial charge is 0.294 e. The van der Waals surface area contributed by atoms with E-state index in [0.717, 1.165) is 3.57 Å². The molecule has 0 unspecified atom stereocenters. The molecule has 0 saturated heterocycles. The van der Waals surface area contributed by atoms with Crippen LogP contribution in [0.15, 0.2) is 24.4 Å². The summed E-state index contributed by atoms with van der Waals surface area (Å²) in [5, 5.41) is 8.24. The van der Waals surface area contributed by atoms with E-state index in [1.807, 2.05) is 6.07 Å². The molecule has 0 saturated carbocycles. The fourth-order valence-corrected chi connectivity index (χ4v) is 2.26. The quantitative estimate of drug-likeness (QED) is 0.623. The number of aromatic nitrogens is 3. The number of hydrogen-bond donors (Lipinski definition) is 0. The lowest BCUT2D eigenvalue weighted by molar-refractivity contribution is 0.0991. The Morgan fingerprint density at radius 1 is 1.53 bits per heavy atom. The molecule has 1 aromatic heterocycles. The fraction of sp³-hybridized carbons (Fsp3) is 0.182. The van der Waals surface area contributed by atoms with Gasteiger partial charge >= 0.3 is 0 Å². The number of carbonyl (C=O) groups excluding carboxylic acids is 1. The first-order chi connectivity index (χ1) is 8.06. The zero-order valence-corrected chi connectivity index (χ0v) is 11.9. The number of aryl methyl sites for hydroxylation is 1. The summed E-state index contributed by atoms with van der Waals surface area (Å²) in [6.45, 7) is 0. The smallest absolute Gasteiger partial charge is 0.170 e. The van der Waals surface area contributed by atoms with E-state index in [9.17, 15) is 4.79 Å². The molecule has 1 aromatic carbocycles. The standard InChI is InChI=1S/C11H9ClIN3O/c1-16-6-8(14-15-16)5-11(17)9-4-7(12)2-3-10(9)13/h2-4,6H,5H2,1H3. The summed E-state index contributed by atoms with van der Waals surface area (Å²) in [4.78, 5) is 12.1. The van der Waals surface area contributed by atoms with Crippen LogP contribution in [0.1, 0.15) is 16.1 Å². The number of rotatable bonds is 3. The van der Waals surface area contributed by atoms with E-state index in [-0.39, 0.29) is 12.2 Å². The molecule has 0 bridgehead atoms. The van der Waals surface area contributed by atoms with Crippen LogP contribution < -0.4 is 0 Å². The number of hydrogen-bond acceptors (Lipinski definition) is 3. The van der Waals surface area contributed by atoms with Crippen molar-refractivity contribution >= 4 is 40.0 Å². The fourth-order valence-electron chi connectivity index (χ4n) is 1.45. The number of halogens is 2. The van der Waals surface area contributed by atoms with Crippen molar-refractivity contribution in [3.8, 4) is 0 Å². The molecule has 4 nitrogen and oxygen atoms in total. The number of nitrogens with zero attached hydrogens (tertiary/aromatic N) is 3.